The van der Waals surface area contributed by atoms with E-state index in [2.05, 4.69) is 88.4 Å². The number of hydrogen-bond donors (Lipinski definition) is 1. The Kier molecular flexibility index (Phi) is 19.5. The highest BCUT2D eigenvalue weighted by Crippen LogP contribution is 2.42. The fourth-order valence-electron chi connectivity index (χ4n) is 6.89. The largest absolute Gasteiger partial charge is 0.361 e. The molecule has 0 atom stereocenters. The van der Waals surface area contributed by atoms with E-state index in [0.717, 1.165) is 63.0 Å². The van der Waals surface area contributed by atoms with Gasteiger partial charge in [0.25, 0.3) is 0 Å². The van der Waals surface area contributed by atoms with Crippen LogP contribution in [-0.2, 0) is 42.4 Å². The number of ether oxygens (including phenoxy) is 3. The normalized spacial score (nSPS) is 14.3. The Balaban J connectivity index is 0.000000174. The molecule has 0 fully saturated rings. The highest BCUT2D eigenvalue weighted by molar-refractivity contribution is 6.76. The minimum atomic E-state index is -1.12. The van der Waals surface area contributed by atoms with E-state index >= 15 is 0 Å². The van der Waals surface area contributed by atoms with Crippen molar-refractivity contribution in [3.63, 3.8) is 0 Å². The number of rotatable bonds is 15. The Labute approximate surface area is 424 Å². The molecule has 0 radical (unpaired) electrons. The lowest BCUT2D eigenvalue weighted by molar-refractivity contribution is -0.123. The maximum absolute atomic E-state index is 12.6. The average molecular weight is 1060 g/mol. The number of aromatic nitrogens is 6. The standard InChI is InChI=1S/C15H23ClN2O2Si.C13H19ClN2O2Si.C13H19ClN2OSi.C7H5ClN2/c1-15(2)11-9-17-13(16)8-12(11)18(14(15)19)10-20-6-7-21(3,4)5;1-19(2,3)5-4-18-9-16-11-7-12(14)15-8-10(11)6-13(16)17;1-18(2,3)7-6-17-10-16-5-4-11-9-15-13(14)8-12(11)16;8-7-3-6-5(4-10-7)1-2-9-6/h8-9H,6-7,10H2,1-5H3;7-8H,4-6,9H2,1-3H3;4-5,8-9H,6-7,10H2,1-3H3;1-4,9H. The summed E-state index contributed by atoms with van der Waals surface area (Å²) in [5.74, 6) is 0.0849. The number of anilines is 2. The molecule has 0 unspecified atom stereocenters. The van der Waals surface area contributed by atoms with Gasteiger partial charge in [0.15, 0.2) is 0 Å². The summed E-state index contributed by atoms with van der Waals surface area (Å²) in [6.07, 6.45) is 11.1. The zero-order valence-electron chi connectivity index (χ0n) is 41.2. The number of carbonyl (C=O) groups is 2. The molecule has 0 bridgehead atoms. The first kappa shape index (κ1) is 55.2. The molecular weight excluding hydrogens is 995 g/mol. The maximum atomic E-state index is 12.6. The SMILES string of the molecule is CC1(C)C(=O)N(COCC[Si](C)(C)C)c2cc(Cl)ncc21.C[Si](C)(C)CCOCN1C(=O)Cc2cnc(Cl)cc21.C[Si](C)(C)CCOCn1ccc2cnc(Cl)cc21.Clc1cc2[nH]ccc2cn1. The van der Waals surface area contributed by atoms with Crippen molar-refractivity contribution >= 4 is 116 Å². The molecule has 0 aliphatic carbocycles. The van der Waals surface area contributed by atoms with Crippen LogP contribution < -0.4 is 9.80 Å². The molecule has 8 heterocycles. The number of halogens is 4. The van der Waals surface area contributed by atoms with Crippen LogP contribution in [0.5, 0.6) is 0 Å². The van der Waals surface area contributed by atoms with Gasteiger partial charge in [-0.25, -0.2) is 19.9 Å². The number of fused-ring (bicyclic) bond motifs is 4. The predicted octanol–water partition coefficient (Wildman–Crippen LogP) is 12.8. The van der Waals surface area contributed by atoms with Gasteiger partial charge in [0, 0.05) is 109 Å². The summed E-state index contributed by atoms with van der Waals surface area (Å²) >= 11 is 23.4. The lowest BCUT2D eigenvalue weighted by Gasteiger charge is -2.21. The van der Waals surface area contributed by atoms with E-state index in [1.54, 1.807) is 52.8 Å². The Morgan fingerprint density at radius 1 is 0.618 bits per heavy atom. The van der Waals surface area contributed by atoms with Gasteiger partial charge >= 0.3 is 0 Å². The van der Waals surface area contributed by atoms with E-state index in [-0.39, 0.29) is 18.5 Å². The van der Waals surface area contributed by atoms with E-state index in [4.69, 9.17) is 60.6 Å². The maximum Gasteiger partial charge on any atom is 0.239 e. The van der Waals surface area contributed by atoms with Crippen molar-refractivity contribution in [3.05, 3.63) is 105 Å². The summed E-state index contributed by atoms with van der Waals surface area (Å²) in [5, 5.41) is 4.02. The number of nitrogens with one attached hydrogen (secondary N) is 1. The molecule has 2 aliphatic heterocycles. The van der Waals surface area contributed by atoms with Gasteiger partial charge in [0.2, 0.25) is 11.8 Å². The monoisotopic (exact) mass is 1060 g/mol. The molecule has 0 saturated carbocycles. The fraction of sp³-hybridized carbons (Fsp3) is 0.458. The molecule has 1 N–H and O–H groups in total. The van der Waals surface area contributed by atoms with Crippen LogP contribution >= 0.6 is 46.4 Å². The molecule has 0 saturated heterocycles. The van der Waals surface area contributed by atoms with Crippen LogP contribution in [0.2, 0.25) is 97.7 Å². The Hall–Kier alpha value is -3.69. The van der Waals surface area contributed by atoms with Crippen LogP contribution in [0.1, 0.15) is 25.0 Å². The number of aromatic amines is 1. The third kappa shape index (κ3) is 16.5. The second-order valence-electron chi connectivity index (χ2n) is 21.0. The quantitative estimate of drug-likeness (QED) is 0.0604. The highest BCUT2D eigenvalue weighted by atomic mass is 35.5. The van der Waals surface area contributed by atoms with Crippen molar-refractivity contribution in [3.8, 4) is 0 Å². The molecular formula is C48H66Cl4N8O5Si3. The molecule has 2 aliphatic rings. The first-order valence-electron chi connectivity index (χ1n) is 22.7. The molecule has 0 aromatic carbocycles. The molecule has 6 aromatic heterocycles. The number of pyridine rings is 4. The number of amides is 2. The van der Waals surface area contributed by atoms with Crippen molar-refractivity contribution < 1.29 is 23.8 Å². The second-order valence-corrected chi connectivity index (χ2v) is 39.4. The van der Waals surface area contributed by atoms with Gasteiger partial charge in [0.1, 0.15) is 40.8 Å². The first-order chi connectivity index (χ1) is 31.8. The zero-order valence-corrected chi connectivity index (χ0v) is 47.2. The van der Waals surface area contributed by atoms with Gasteiger partial charge in [0.05, 0.1) is 28.7 Å². The lowest BCUT2D eigenvalue weighted by atomic mass is 9.87. The summed E-state index contributed by atoms with van der Waals surface area (Å²) in [6.45, 7) is 28.1. The van der Waals surface area contributed by atoms with E-state index in [9.17, 15) is 9.59 Å². The Bertz CT molecular complexity index is 2650. The molecule has 13 nitrogen and oxygen atoms in total. The van der Waals surface area contributed by atoms with Gasteiger partial charge in [-0.1, -0.05) is 105 Å². The summed E-state index contributed by atoms with van der Waals surface area (Å²) in [7, 11) is -3.22. The molecule has 8 rings (SSSR count). The molecule has 368 valence electrons. The number of carbonyl (C=O) groups excluding carboxylic acids is 2. The minimum absolute atomic E-state index is 0.0366. The average Bonchev–Trinajstić information content (AvgIpc) is 3.99. The topological polar surface area (TPSA) is 141 Å². The van der Waals surface area contributed by atoms with E-state index in [1.165, 1.54) is 6.04 Å². The molecule has 20 heteroatoms. The summed E-state index contributed by atoms with van der Waals surface area (Å²) < 4.78 is 19.2. The van der Waals surface area contributed by atoms with Crippen LogP contribution in [0, 0.1) is 0 Å². The zero-order chi connectivity index (χ0) is 50.0. The third-order valence-electron chi connectivity index (χ3n) is 11.1. The highest BCUT2D eigenvalue weighted by Gasteiger charge is 2.44. The van der Waals surface area contributed by atoms with Crippen molar-refractivity contribution in [1.29, 1.82) is 0 Å². The van der Waals surface area contributed by atoms with E-state index in [1.807, 2.05) is 44.4 Å². The van der Waals surface area contributed by atoms with Crippen molar-refractivity contribution in [2.24, 2.45) is 0 Å². The fourth-order valence-corrected chi connectivity index (χ4v) is 9.77. The molecule has 68 heavy (non-hydrogen) atoms. The Morgan fingerprint density at radius 3 is 1.72 bits per heavy atom. The van der Waals surface area contributed by atoms with Crippen LogP contribution in [0.3, 0.4) is 0 Å². The number of hydrogen-bond acceptors (Lipinski definition) is 9. The van der Waals surface area contributed by atoms with Gasteiger partial charge in [-0.3, -0.25) is 19.4 Å². The summed E-state index contributed by atoms with van der Waals surface area (Å²) in [5.41, 5.74) is 5.00. The van der Waals surface area contributed by atoms with E-state index < -0.39 is 29.6 Å². The van der Waals surface area contributed by atoms with Crippen molar-refractivity contribution in [2.45, 2.75) is 109 Å². The third-order valence-corrected chi connectivity index (χ3v) is 17.1. The molecule has 2 amide bonds. The number of H-pyrrole nitrogens is 1. The second kappa shape index (κ2) is 23.9. The van der Waals surface area contributed by atoms with Gasteiger partial charge < -0.3 is 23.8 Å². The van der Waals surface area contributed by atoms with E-state index in [0.29, 0.717) is 53.7 Å². The van der Waals surface area contributed by atoms with Crippen LogP contribution in [-0.4, -0.2) is 98.8 Å². The smallest absolute Gasteiger partial charge is 0.239 e. The lowest BCUT2D eigenvalue weighted by Crippen LogP contribution is -2.38. The summed E-state index contributed by atoms with van der Waals surface area (Å²) in [4.78, 5) is 46.9. The van der Waals surface area contributed by atoms with Crippen LogP contribution in [0.4, 0.5) is 11.4 Å². The first-order valence-corrected chi connectivity index (χ1v) is 35.3. The van der Waals surface area contributed by atoms with Crippen LogP contribution in [0.15, 0.2) is 73.6 Å². The predicted molar refractivity (Wildman–Crippen MR) is 288 cm³/mol. The van der Waals surface area contributed by atoms with Crippen molar-refractivity contribution in [2.75, 3.05) is 43.1 Å². The van der Waals surface area contributed by atoms with Crippen LogP contribution in [0.25, 0.3) is 21.8 Å². The molecule has 6 aromatic rings. The van der Waals surface area contributed by atoms with Gasteiger partial charge in [-0.15, -0.1) is 0 Å². The summed E-state index contributed by atoms with van der Waals surface area (Å²) in [6, 6.07) is 14.5. The number of nitrogens with zero attached hydrogens (tertiary/aromatic N) is 7. The van der Waals surface area contributed by atoms with Gasteiger partial charge in [-0.2, -0.15) is 0 Å². The van der Waals surface area contributed by atoms with Gasteiger partial charge in [-0.05, 0) is 68.4 Å². The molecule has 0 spiro atoms. The van der Waals surface area contributed by atoms with Crippen molar-refractivity contribution in [1.82, 2.24) is 29.5 Å². The minimum Gasteiger partial charge on any atom is -0.361 e. The Morgan fingerprint density at radius 2 is 1.12 bits per heavy atom.